The van der Waals surface area contributed by atoms with Gasteiger partial charge in [-0.1, -0.05) is 24.3 Å². The van der Waals surface area contributed by atoms with Gasteiger partial charge in [0.2, 0.25) is 0 Å². The number of hydrogen-bond donors (Lipinski definition) is 2. The molecule has 0 spiro atoms. The summed E-state index contributed by atoms with van der Waals surface area (Å²) < 4.78 is 32.8. The molecule has 0 radical (unpaired) electrons. The Labute approximate surface area is 118 Å². The van der Waals surface area contributed by atoms with Crippen molar-refractivity contribution in [2.75, 3.05) is 13.2 Å². The minimum absolute atomic E-state index is 0.0800. The normalized spacial score (nSPS) is 17.4. The summed E-state index contributed by atoms with van der Waals surface area (Å²) in [6.45, 7) is 3.65. The van der Waals surface area contributed by atoms with E-state index in [1.807, 2.05) is 0 Å². The van der Waals surface area contributed by atoms with Gasteiger partial charge in [0.15, 0.2) is 0 Å². The Morgan fingerprint density at radius 2 is 1.15 bits per heavy atom. The van der Waals surface area contributed by atoms with E-state index in [1.165, 1.54) is 0 Å². The molecule has 2 atom stereocenters. The highest BCUT2D eigenvalue weighted by Gasteiger charge is 2.21. The molecule has 2 unspecified atom stereocenters. The first-order chi connectivity index (χ1) is 9.28. The SMILES string of the molecule is CCOP(=O)(O)Cc1ccc(CP(=O)(O)OCC)cc1. The maximum atomic E-state index is 11.6. The fraction of sp³-hybridized carbons (Fsp3) is 0.500. The van der Waals surface area contributed by atoms with Crippen LogP contribution in [-0.2, 0) is 30.5 Å². The summed E-state index contributed by atoms with van der Waals surface area (Å²) in [5.41, 5.74) is 1.27. The van der Waals surface area contributed by atoms with Gasteiger partial charge in [-0.25, -0.2) is 0 Å². The van der Waals surface area contributed by atoms with Crippen LogP contribution in [0.15, 0.2) is 24.3 Å². The van der Waals surface area contributed by atoms with Crippen molar-refractivity contribution in [2.24, 2.45) is 0 Å². The zero-order valence-corrected chi connectivity index (χ0v) is 13.3. The van der Waals surface area contributed by atoms with Crippen molar-refractivity contribution in [3.8, 4) is 0 Å². The summed E-state index contributed by atoms with van der Waals surface area (Å²) >= 11 is 0. The van der Waals surface area contributed by atoms with E-state index >= 15 is 0 Å². The lowest BCUT2D eigenvalue weighted by atomic mass is 10.2. The largest absolute Gasteiger partial charge is 0.332 e. The first-order valence-electron chi connectivity index (χ1n) is 6.28. The molecule has 114 valence electrons. The molecule has 0 aromatic heterocycles. The lowest BCUT2D eigenvalue weighted by Gasteiger charge is -2.12. The van der Waals surface area contributed by atoms with Crippen LogP contribution >= 0.6 is 15.2 Å². The van der Waals surface area contributed by atoms with Crippen LogP contribution in [0.25, 0.3) is 0 Å². The van der Waals surface area contributed by atoms with Crippen LogP contribution in [0.2, 0.25) is 0 Å². The topological polar surface area (TPSA) is 93.1 Å². The third kappa shape index (κ3) is 6.31. The fourth-order valence-corrected chi connectivity index (χ4v) is 4.04. The Kier molecular flexibility index (Phi) is 6.59. The molecule has 0 amide bonds. The molecule has 0 aliphatic heterocycles. The van der Waals surface area contributed by atoms with Crippen LogP contribution in [0.3, 0.4) is 0 Å². The van der Waals surface area contributed by atoms with Crippen LogP contribution in [0.5, 0.6) is 0 Å². The minimum atomic E-state index is -3.61. The molecular formula is C12H20O6P2. The zero-order valence-electron chi connectivity index (χ0n) is 11.6. The van der Waals surface area contributed by atoms with Crippen molar-refractivity contribution in [2.45, 2.75) is 26.2 Å². The van der Waals surface area contributed by atoms with E-state index in [9.17, 15) is 18.9 Å². The van der Waals surface area contributed by atoms with Crippen molar-refractivity contribution in [3.63, 3.8) is 0 Å². The maximum Gasteiger partial charge on any atom is 0.332 e. The smallest absolute Gasteiger partial charge is 0.324 e. The predicted octanol–water partition coefficient (Wildman–Crippen LogP) is 3.13. The van der Waals surface area contributed by atoms with E-state index in [1.54, 1.807) is 38.1 Å². The third-order valence-corrected chi connectivity index (χ3v) is 5.30. The molecule has 0 saturated heterocycles. The molecule has 6 nitrogen and oxygen atoms in total. The van der Waals surface area contributed by atoms with Gasteiger partial charge in [0.25, 0.3) is 0 Å². The molecule has 1 aromatic carbocycles. The van der Waals surface area contributed by atoms with Crippen LogP contribution < -0.4 is 0 Å². The molecular weight excluding hydrogens is 302 g/mol. The molecule has 1 aromatic rings. The highest BCUT2D eigenvalue weighted by Crippen LogP contribution is 2.47. The van der Waals surface area contributed by atoms with E-state index in [2.05, 4.69) is 0 Å². The van der Waals surface area contributed by atoms with Crippen LogP contribution in [-0.4, -0.2) is 23.0 Å². The Bertz CT molecular complexity index is 466. The van der Waals surface area contributed by atoms with E-state index in [4.69, 9.17) is 9.05 Å². The second-order valence-electron chi connectivity index (χ2n) is 4.24. The van der Waals surface area contributed by atoms with Gasteiger partial charge in [-0.15, -0.1) is 0 Å². The van der Waals surface area contributed by atoms with E-state index in [-0.39, 0.29) is 25.5 Å². The van der Waals surface area contributed by atoms with Crippen molar-refractivity contribution in [1.29, 1.82) is 0 Å². The molecule has 0 saturated carbocycles. The summed E-state index contributed by atoms with van der Waals surface area (Å²) in [6.07, 6.45) is -0.160. The predicted molar refractivity (Wildman–Crippen MR) is 76.8 cm³/mol. The molecule has 0 bridgehead atoms. The second kappa shape index (κ2) is 7.51. The molecule has 0 aliphatic carbocycles. The van der Waals surface area contributed by atoms with Crippen molar-refractivity contribution >= 4 is 15.2 Å². The first kappa shape index (κ1) is 17.6. The minimum Gasteiger partial charge on any atom is -0.324 e. The highest BCUT2D eigenvalue weighted by molar-refractivity contribution is 7.52. The Morgan fingerprint density at radius 1 is 0.850 bits per heavy atom. The summed E-state index contributed by atoms with van der Waals surface area (Å²) in [5, 5.41) is 0. The molecule has 0 fully saturated rings. The first-order valence-corrected chi connectivity index (χ1v) is 9.81. The maximum absolute atomic E-state index is 11.6. The number of rotatable bonds is 8. The van der Waals surface area contributed by atoms with Crippen molar-refractivity contribution < 1.29 is 28.0 Å². The zero-order chi connectivity index (χ0) is 15.2. The number of benzene rings is 1. The van der Waals surface area contributed by atoms with Gasteiger partial charge in [0.05, 0.1) is 25.5 Å². The molecule has 2 N–H and O–H groups in total. The van der Waals surface area contributed by atoms with Gasteiger partial charge in [0, 0.05) is 0 Å². The monoisotopic (exact) mass is 322 g/mol. The summed E-state index contributed by atoms with van der Waals surface area (Å²) in [6, 6.07) is 6.57. The van der Waals surface area contributed by atoms with Crippen LogP contribution in [0.4, 0.5) is 0 Å². The van der Waals surface area contributed by atoms with Gasteiger partial charge in [-0.2, -0.15) is 0 Å². The standard InChI is InChI=1S/C12H20O6P2/c1-3-17-19(13,14)9-11-5-7-12(8-6-11)10-20(15,16)18-4-2/h5-8H,3-4,9-10H2,1-2H3,(H,13,14)(H,15,16). The third-order valence-electron chi connectivity index (χ3n) is 2.45. The van der Waals surface area contributed by atoms with Gasteiger partial charge < -0.3 is 18.8 Å². The van der Waals surface area contributed by atoms with Crippen LogP contribution in [0.1, 0.15) is 25.0 Å². The van der Waals surface area contributed by atoms with Crippen LogP contribution in [0, 0.1) is 0 Å². The van der Waals surface area contributed by atoms with Crippen molar-refractivity contribution in [3.05, 3.63) is 35.4 Å². The van der Waals surface area contributed by atoms with Gasteiger partial charge in [-0.3, -0.25) is 9.13 Å². The lowest BCUT2D eigenvalue weighted by Crippen LogP contribution is -1.95. The second-order valence-corrected chi connectivity index (χ2v) is 7.94. The van der Waals surface area contributed by atoms with E-state index in [0.29, 0.717) is 11.1 Å². The Morgan fingerprint density at radius 3 is 1.40 bits per heavy atom. The molecule has 0 aliphatic rings. The van der Waals surface area contributed by atoms with Gasteiger partial charge in [0.1, 0.15) is 0 Å². The average Bonchev–Trinajstić information content (AvgIpc) is 2.30. The van der Waals surface area contributed by atoms with E-state index < -0.39 is 15.2 Å². The van der Waals surface area contributed by atoms with Gasteiger partial charge >= 0.3 is 15.2 Å². The molecule has 20 heavy (non-hydrogen) atoms. The summed E-state index contributed by atoms with van der Waals surface area (Å²) in [5.74, 6) is 0. The van der Waals surface area contributed by atoms with Gasteiger partial charge in [-0.05, 0) is 25.0 Å². The lowest BCUT2D eigenvalue weighted by molar-refractivity contribution is 0.271. The molecule has 1 rings (SSSR count). The summed E-state index contributed by atoms with van der Waals surface area (Å²) in [7, 11) is -7.22. The fourth-order valence-electron chi connectivity index (χ4n) is 1.71. The summed E-state index contributed by atoms with van der Waals surface area (Å²) in [4.78, 5) is 19.0. The number of hydrogen-bond acceptors (Lipinski definition) is 4. The molecule has 8 heteroatoms. The Balaban J connectivity index is 2.70. The molecule has 0 heterocycles. The highest BCUT2D eigenvalue weighted by atomic mass is 31.2. The average molecular weight is 322 g/mol. The Hall–Kier alpha value is -0.480. The van der Waals surface area contributed by atoms with E-state index in [0.717, 1.165) is 0 Å². The van der Waals surface area contributed by atoms with Crippen molar-refractivity contribution in [1.82, 2.24) is 0 Å². The quantitative estimate of drug-likeness (QED) is 0.714.